The highest BCUT2D eigenvalue weighted by Crippen LogP contribution is 2.10. The maximum absolute atomic E-state index is 11.7. The Morgan fingerprint density at radius 2 is 2.30 bits per heavy atom. The average molecular weight is 298 g/mol. The fourth-order valence-corrected chi connectivity index (χ4v) is 2.87. The molecule has 112 valence electrons. The lowest BCUT2D eigenvalue weighted by atomic mass is 10.2. The maximum Gasteiger partial charge on any atom is 0.220 e. The molecule has 2 heterocycles. The van der Waals surface area contributed by atoms with E-state index < -0.39 is 6.10 Å². The minimum absolute atomic E-state index is 0.000530. The minimum atomic E-state index is -0.515. The normalized spacial score (nSPS) is 17.9. The number of rotatable bonds is 7. The van der Waals surface area contributed by atoms with E-state index in [1.54, 1.807) is 11.3 Å². The Bertz CT molecular complexity index is 391. The second-order valence-electron chi connectivity index (χ2n) is 4.95. The van der Waals surface area contributed by atoms with Crippen LogP contribution in [0.2, 0.25) is 0 Å². The van der Waals surface area contributed by atoms with Crippen molar-refractivity contribution in [3.8, 4) is 0 Å². The third-order valence-electron chi connectivity index (χ3n) is 3.29. The molecule has 1 unspecified atom stereocenters. The summed E-state index contributed by atoms with van der Waals surface area (Å²) in [4.78, 5) is 15.1. The number of carbonyl (C=O) groups excluding carboxylic acids is 1. The van der Waals surface area contributed by atoms with Crippen LogP contribution in [0.4, 0.5) is 0 Å². The molecule has 0 saturated carbocycles. The molecule has 2 N–H and O–H groups in total. The van der Waals surface area contributed by atoms with Crippen molar-refractivity contribution in [2.24, 2.45) is 0 Å². The van der Waals surface area contributed by atoms with Crippen LogP contribution >= 0.6 is 11.3 Å². The minimum Gasteiger partial charge on any atom is -0.390 e. The Balaban J connectivity index is 1.57. The van der Waals surface area contributed by atoms with Gasteiger partial charge in [0, 0.05) is 37.5 Å². The Kier molecular flexibility index (Phi) is 6.46. The summed E-state index contributed by atoms with van der Waals surface area (Å²) in [6.45, 7) is 4.06. The molecular formula is C14H22N2O3S. The summed E-state index contributed by atoms with van der Waals surface area (Å²) in [6.07, 6.45) is 0.729. The monoisotopic (exact) mass is 298 g/mol. The predicted molar refractivity (Wildman–Crippen MR) is 78.9 cm³/mol. The summed E-state index contributed by atoms with van der Waals surface area (Å²) >= 11 is 1.66. The lowest BCUT2D eigenvalue weighted by molar-refractivity contribution is -0.121. The third-order valence-corrected chi connectivity index (χ3v) is 4.22. The summed E-state index contributed by atoms with van der Waals surface area (Å²) in [5, 5.41) is 14.7. The van der Waals surface area contributed by atoms with Gasteiger partial charge in [-0.3, -0.25) is 9.69 Å². The van der Waals surface area contributed by atoms with Gasteiger partial charge in [-0.2, -0.15) is 0 Å². The van der Waals surface area contributed by atoms with Crippen molar-refractivity contribution in [3.05, 3.63) is 22.4 Å². The zero-order chi connectivity index (χ0) is 14.2. The first kappa shape index (κ1) is 15.4. The Hall–Kier alpha value is -0.950. The molecule has 6 heteroatoms. The molecule has 1 aromatic rings. The van der Waals surface area contributed by atoms with Gasteiger partial charge < -0.3 is 15.2 Å². The molecule has 0 spiro atoms. The summed E-state index contributed by atoms with van der Waals surface area (Å²) in [5.41, 5.74) is 0. The number of β-amino-alcohol motifs (C(OH)–C–C–N with tert-alkyl or cyclic N) is 1. The number of amides is 1. The van der Waals surface area contributed by atoms with Gasteiger partial charge in [-0.05, 0) is 17.9 Å². The summed E-state index contributed by atoms with van der Waals surface area (Å²) in [5.74, 6) is -0.000530. The standard InChI is InChI=1S/C14H22N2O3S/c17-12(11-16-5-7-19-8-6-16)10-15-14(18)4-3-13-2-1-9-20-13/h1-2,9,12,17H,3-8,10-11H2,(H,15,18). The van der Waals surface area contributed by atoms with Gasteiger partial charge >= 0.3 is 0 Å². The van der Waals surface area contributed by atoms with Crippen molar-refractivity contribution in [2.75, 3.05) is 39.4 Å². The number of carbonyl (C=O) groups is 1. The Morgan fingerprint density at radius 1 is 1.50 bits per heavy atom. The maximum atomic E-state index is 11.7. The van der Waals surface area contributed by atoms with Crippen molar-refractivity contribution in [3.63, 3.8) is 0 Å². The largest absolute Gasteiger partial charge is 0.390 e. The van der Waals surface area contributed by atoms with Crippen molar-refractivity contribution in [2.45, 2.75) is 18.9 Å². The van der Waals surface area contributed by atoms with Crippen LogP contribution in [0.15, 0.2) is 17.5 Å². The molecule has 1 aliphatic heterocycles. The number of thiophene rings is 1. The lowest BCUT2D eigenvalue weighted by Crippen LogP contribution is -2.44. The van der Waals surface area contributed by atoms with Crippen molar-refractivity contribution in [1.29, 1.82) is 0 Å². The van der Waals surface area contributed by atoms with Crippen LogP contribution < -0.4 is 5.32 Å². The first-order valence-electron chi connectivity index (χ1n) is 7.01. The van der Waals surface area contributed by atoms with Crippen LogP contribution in [0, 0.1) is 0 Å². The quantitative estimate of drug-likeness (QED) is 0.769. The highest BCUT2D eigenvalue weighted by molar-refractivity contribution is 7.09. The van der Waals surface area contributed by atoms with E-state index in [0.717, 1.165) is 32.7 Å². The molecule has 0 aromatic carbocycles. The van der Waals surface area contributed by atoms with Gasteiger partial charge in [0.05, 0.1) is 19.3 Å². The second kappa shape index (κ2) is 8.36. The SMILES string of the molecule is O=C(CCc1cccs1)NCC(O)CN1CCOCC1. The number of aryl methyl sites for hydroxylation is 1. The van der Waals surface area contributed by atoms with Crippen LogP contribution in [-0.4, -0.2) is 61.4 Å². The van der Waals surface area contributed by atoms with E-state index in [2.05, 4.69) is 10.2 Å². The van der Waals surface area contributed by atoms with Crippen molar-refractivity contribution in [1.82, 2.24) is 10.2 Å². The zero-order valence-electron chi connectivity index (χ0n) is 11.6. The molecule has 1 saturated heterocycles. The van der Waals surface area contributed by atoms with E-state index in [0.29, 0.717) is 19.5 Å². The van der Waals surface area contributed by atoms with E-state index in [9.17, 15) is 9.90 Å². The number of aliphatic hydroxyl groups excluding tert-OH is 1. The number of hydrogen-bond donors (Lipinski definition) is 2. The lowest BCUT2D eigenvalue weighted by Gasteiger charge is -2.28. The average Bonchev–Trinajstić information content (AvgIpc) is 2.97. The molecule has 1 fully saturated rings. The van der Waals surface area contributed by atoms with Crippen LogP contribution in [0.5, 0.6) is 0 Å². The van der Waals surface area contributed by atoms with Gasteiger partial charge in [0.25, 0.3) is 0 Å². The number of ether oxygens (including phenoxy) is 1. The highest BCUT2D eigenvalue weighted by atomic mass is 32.1. The number of morpholine rings is 1. The van der Waals surface area contributed by atoms with Crippen LogP contribution in [0.25, 0.3) is 0 Å². The van der Waals surface area contributed by atoms with E-state index in [4.69, 9.17) is 4.74 Å². The zero-order valence-corrected chi connectivity index (χ0v) is 12.4. The fraction of sp³-hybridized carbons (Fsp3) is 0.643. The van der Waals surface area contributed by atoms with E-state index in [1.165, 1.54) is 4.88 Å². The fourth-order valence-electron chi connectivity index (χ4n) is 2.16. The third kappa shape index (κ3) is 5.58. The smallest absolute Gasteiger partial charge is 0.220 e. The van der Waals surface area contributed by atoms with Gasteiger partial charge in [0.15, 0.2) is 0 Å². The first-order valence-corrected chi connectivity index (χ1v) is 7.89. The molecule has 1 aromatic heterocycles. The van der Waals surface area contributed by atoms with Crippen LogP contribution in [0.1, 0.15) is 11.3 Å². The number of aliphatic hydroxyl groups is 1. The molecule has 0 aliphatic carbocycles. The summed E-state index contributed by atoms with van der Waals surface area (Å²) < 4.78 is 5.25. The molecule has 2 rings (SSSR count). The Morgan fingerprint density at radius 3 is 3.00 bits per heavy atom. The van der Waals surface area contributed by atoms with Gasteiger partial charge in [-0.1, -0.05) is 6.07 Å². The molecule has 0 bridgehead atoms. The summed E-state index contributed by atoms with van der Waals surface area (Å²) in [6, 6.07) is 4.02. The first-order chi connectivity index (χ1) is 9.74. The van der Waals surface area contributed by atoms with Gasteiger partial charge in [-0.15, -0.1) is 11.3 Å². The number of hydrogen-bond acceptors (Lipinski definition) is 5. The molecule has 1 aliphatic rings. The second-order valence-corrected chi connectivity index (χ2v) is 5.98. The van der Waals surface area contributed by atoms with Crippen LogP contribution in [-0.2, 0) is 16.0 Å². The van der Waals surface area contributed by atoms with Crippen molar-refractivity contribution >= 4 is 17.2 Å². The topological polar surface area (TPSA) is 61.8 Å². The van der Waals surface area contributed by atoms with E-state index >= 15 is 0 Å². The van der Waals surface area contributed by atoms with E-state index in [1.807, 2.05) is 17.5 Å². The van der Waals surface area contributed by atoms with Crippen molar-refractivity contribution < 1.29 is 14.6 Å². The molecule has 1 amide bonds. The highest BCUT2D eigenvalue weighted by Gasteiger charge is 2.15. The molecule has 1 atom stereocenters. The van der Waals surface area contributed by atoms with Crippen LogP contribution in [0.3, 0.4) is 0 Å². The Labute approximate surface area is 123 Å². The molecule has 20 heavy (non-hydrogen) atoms. The number of nitrogens with zero attached hydrogens (tertiary/aromatic N) is 1. The van der Waals surface area contributed by atoms with Gasteiger partial charge in [0.1, 0.15) is 0 Å². The predicted octanol–water partition coefficient (Wildman–Crippen LogP) is 0.490. The molecular weight excluding hydrogens is 276 g/mol. The summed E-state index contributed by atoms with van der Waals surface area (Å²) in [7, 11) is 0. The molecule has 5 nitrogen and oxygen atoms in total. The van der Waals surface area contributed by atoms with E-state index in [-0.39, 0.29) is 5.91 Å². The number of nitrogens with one attached hydrogen (secondary N) is 1. The molecule has 0 radical (unpaired) electrons. The van der Waals surface area contributed by atoms with Gasteiger partial charge in [0.2, 0.25) is 5.91 Å². The van der Waals surface area contributed by atoms with Gasteiger partial charge in [-0.25, -0.2) is 0 Å².